The molecular weight excluding hydrogens is 385 g/mol. The van der Waals surface area contributed by atoms with Crippen molar-refractivity contribution in [1.82, 2.24) is 24.5 Å². The van der Waals surface area contributed by atoms with Crippen molar-refractivity contribution in [1.29, 1.82) is 0 Å². The highest BCUT2D eigenvalue weighted by molar-refractivity contribution is 5.80. The molecule has 0 radical (unpaired) electrons. The molecule has 7 nitrogen and oxygen atoms in total. The molecule has 2 aliphatic heterocycles. The Morgan fingerprint density at radius 2 is 2.14 bits per heavy atom. The Labute approximate surface area is 166 Å². The number of alkyl halides is 3. The van der Waals surface area contributed by atoms with E-state index in [2.05, 4.69) is 15.5 Å². The first-order valence-electron chi connectivity index (χ1n) is 9.90. The van der Waals surface area contributed by atoms with Crippen molar-refractivity contribution >= 4 is 11.7 Å². The van der Waals surface area contributed by atoms with E-state index in [0.717, 1.165) is 16.8 Å². The van der Waals surface area contributed by atoms with Crippen molar-refractivity contribution in [2.45, 2.75) is 70.4 Å². The molecule has 2 aromatic rings. The number of hydrogen-bond acceptors (Lipinski definition) is 4. The van der Waals surface area contributed by atoms with Crippen LogP contribution in [0.15, 0.2) is 18.3 Å². The molecule has 1 N–H and O–H groups in total. The van der Waals surface area contributed by atoms with Crippen molar-refractivity contribution in [3.8, 4) is 0 Å². The molecule has 1 fully saturated rings. The highest BCUT2D eigenvalue weighted by Crippen LogP contribution is 2.41. The molecule has 4 heterocycles. The van der Waals surface area contributed by atoms with E-state index in [9.17, 15) is 18.0 Å². The number of nitrogens with one attached hydrogen (secondary N) is 1. The van der Waals surface area contributed by atoms with Crippen LogP contribution in [0.2, 0.25) is 0 Å². The Morgan fingerprint density at radius 3 is 2.79 bits per heavy atom. The first-order valence-corrected chi connectivity index (χ1v) is 9.90. The molecule has 4 atom stereocenters. The van der Waals surface area contributed by atoms with Crippen molar-refractivity contribution in [3.63, 3.8) is 0 Å². The summed E-state index contributed by atoms with van der Waals surface area (Å²) in [5.41, 5.74) is 1.39. The normalized spacial score (nSPS) is 25.6. The van der Waals surface area contributed by atoms with Gasteiger partial charge in [0.15, 0.2) is 6.04 Å². The minimum absolute atomic E-state index is 0.0689. The van der Waals surface area contributed by atoms with Crippen LogP contribution < -0.4 is 5.32 Å². The van der Waals surface area contributed by atoms with Crippen LogP contribution in [0.25, 0.3) is 0 Å². The fourth-order valence-corrected chi connectivity index (χ4v) is 4.41. The monoisotopic (exact) mass is 410 g/mol. The quantitative estimate of drug-likeness (QED) is 0.839. The standard InChI is InChI=1S/C19H25F3N6O/c1-11-9-16(19(20,21)22)28-17(24-11)10-14(25-28)15-5-4-8-26(15)18(29)13(3)27-12(2)6-7-23-27/h6-7,10-11,13,15-16,24H,4-5,8-9H2,1-3H3/t11-,13+,15+,16-/m1/s1. The van der Waals surface area contributed by atoms with Gasteiger partial charge in [0.25, 0.3) is 0 Å². The van der Waals surface area contributed by atoms with E-state index in [-0.39, 0.29) is 24.4 Å². The van der Waals surface area contributed by atoms with Crippen LogP contribution in [0.4, 0.5) is 19.0 Å². The highest BCUT2D eigenvalue weighted by atomic mass is 19.4. The predicted octanol–water partition coefficient (Wildman–Crippen LogP) is 3.62. The molecule has 0 bridgehead atoms. The van der Waals surface area contributed by atoms with Gasteiger partial charge in [-0.3, -0.25) is 9.48 Å². The topological polar surface area (TPSA) is 68.0 Å². The number of anilines is 1. The molecule has 29 heavy (non-hydrogen) atoms. The fraction of sp³-hybridized carbons (Fsp3) is 0.632. The van der Waals surface area contributed by atoms with E-state index in [0.29, 0.717) is 24.5 Å². The number of fused-ring (bicyclic) bond motifs is 1. The van der Waals surface area contributed by atoms with Crippen LogP contribution in [-0.4, -0.2) is 49.1 Å². The van der Waals surface area contributed by atoms with Crippen LogP contribution in [-0.2, 0) is 4.79 Å². The predicted molar refractivity (Wildman–Crippen MR) is 100 cm³/mol. The van der Waals surface area contributed by atoms with E-state index >= 15 is 0 Å². The van der Waals surface area contributed by atoms with Crippen LogP contribution in [0.5, 0.6) is 0 Å². The second kappa shape index (κ2) is 7.07. The minimum Gasteiger partial charge on any atom is -0.368 e. The molecule has 2 aromatic heterocycles. The van der Waals surface area contributed by atoms with Gasteiger partial charge in [-0.05, 0) is 46.1 Å². The van der Waals surface area contributed by atoms with E-state index in [1.807, 2.05) is 13.0 Å². The van der Waals surface area contributed by atoms with Crippen LogP contribution >= 0.6 is 0 Å². The lowest BCUT2D eigenvalue weighted by Gasteiger charge is -2.31. The third kappa shape index (κ3) is 3.49. The smallest absolute Gasteiger partial charge is 0.368 e. The second-order valence-corrected chi connectivity index (χ2v) is 8.02. The Bertz CT molecular complexity index is 904. The molecule has 158 valence electrons. The Morgan fingerprint density at radius 1 is 1.38 bits per heavy atom. The number of aryl methyl sites for hydroxylation is 1. The van der Waals surface area contributed by atoms with E-state index in [1.165, 1.54) is 0 Å². The summed E-state index contributed by atoms with van der Waals surface area (Å²) >= 11 is 0. The molecule has 1 amide bonds. The number of carbonyl (C=O) groups is 1. The lowest BCUT2D eigenvalue weighted by molar-refractivity contribution is -0.173. The lowest BCUT2D eigenvalue weighted by atomic mass is 10.1. The van der Waals surface area contributed by atoms with Gasteiger partial charge in [0.05, 0.1) is 11.7 Å². The third-order valence-electron chi connectivity index (χ3n) is 5.87. The Hall–Kier alpha value is -2.52. The zero-order chi connectivity index (χ0) is 20.9. The van der Waals surface area contributed by atoms with Crippen molar-refractivity contribution in [3.05, 3.63) is 29.7 Å². The number of aromatic nitrogens is 4. The summed E-state index contributed by atoms with van der Waals surface area (Å²) < 4.78 is 43.3. The number of rotatable bonds is 3. The van der Waals surface area contributed by atoms with E-state index in [1.54, 1.807) is 35.7 Å². The van der Waals surface area contributed by atoms with Gasteiger partial charge in [-0.25, -0.2) is 4.68 Å². The zero-order valence-corrected chi connectivity index (χ0v) is 16.6. The number of nitrogens with zero attached hydrogens (tertiary/aromatic N) is 5. The average molecular weight is 410 g/mol. The van der Waals surface area contributed by atoms with E-state index < -0.39 is 18.3 Å². The van der Waals surface area contributed by atoms with E-state index in [4.69, 9.17) is 0 Å². The van der Waals surface area contributed by atoms with Gasteiger partial charge in [-0.1, -0.05) is 0 Å². The van der Waals surface area contributed by atoms with Gasteiger partial charge in [0.1, 0.15) is 11.9 Å². The van der Waals surface area contributed by atoms with Crippen molar-refractivity contribution in [2.75, 3.05) is 11.9 Å². The zero-order valence-electron chi connectivity index (χ0n) is 16.6. The van der Waals surface area contributed by atoms with Crippen LogP contribution in [0, 0.1) is 6.92 Å². The van der Waals surface area contributed by atoms with Gasteiger partial charge < -0.3 is 10.2 Å². The van der Waals surface area contributed by atoms with Crippen LogP contribution in [0.1, 0.15) is 62.6 Å². The molecule has 0 aliphatic carbocycles. The summed E-state index contributed by atoms with van der Waals surface area (Å²) in [4.78, 5) is 14.9. The molecule has 0 unspecified atom stereocenters. The molecule has 4 rings (SSSR count). The Balaban J connectivity index is 1.62. The summed E-state index contributed by atoms with van der Waals surface area (Å²) in [7, 11) is 0. The Kier molecular flexibility index (Phi) is 4.82. The summed E-state index contributed by atoms with van der Waals surface area (Å²) in [6.45, 7) is 5.96. The van der Waals surface area contributed by atoms with Gasteiger partial charge in [-0.2, -0.15) is 23.4 Å². The van der Waals surface area contributed by atoms with Crippen LogP contribution in [0.3, 0.4) is 0 Å². The second-order valence-electron chi connectivity index (χ2n) is 8.02. The fourth-order valence-electron chi connectivity index (χ4n) is 4.41. The van der Waals surface area contributed by atoms with Gasteiger partial charge in [-0.15, -0.1) is 0 Å². The molecule has 10 heteroatoms. The van der Waals surface area contributed by atoms with Gasteiger partial charge in [0.2, 0.25) is 5.91 Å². The van der Waals surface area contributed by atoms with Crippen molar-refractivity contribution in [2.24, 2.45) is 0 Å². The molecular formula is C19H25F3N6O. The molecule has 0 saturated carbocycles. The maximum Gasteiger partial charge on any atom is 0.410 e. The number of amides is 1. The summed E-state index contributed by atoms with van der Waals surface area (Å²) in [5.74, 6) is 0.260. The number of hydrogen-bond donors (Lipinski definition) is 1. The molecule has 0 spiro atoms. The number of likely N-dealkylation sites (tertiary alicyclic amines) is 1. The summed E-state index contributed by atoms with van der Waals surface area (Å²) in [6, 6.07) is 0.725. The largest absolute Gasteiger partial charge is 0.410 e. The highest BCUT2D eigenvalue weighted by Gasteiger charge is 2.46. The first-order chi connectivity index (χ1) is 13.7. The molecule has 2 aliphatic rings. The maximum absolute atomic E-state index is 13.5. The van der Waals surface area contributed by atoms with Crippen molar-refractivity contribution < 1.29 is 18.0 Å². The lowest BCUT2D eigenvalue weighted by Crippen LogP contribution is -2.38. The average Bonchev–Trinajstić information content (AvgIpc) is 3.37. The first kappa shape index (κ1) is 19.8. The summed E-state index contributed by atoms with van der Waals surface area (Å²) in [5, 5.41) is 11.6. The number of halogens is 3. The molecule has 0 aromatic carbocycles. The maximum atomic E-state index is 13.5. The van der Waals surface area contributed by atoms with Gasteiger partial charge >= 0.3 is 6.18 Å². The SMILES string of the molecule is Cc1ccnn1[C@@H](C)C(=O)N1CCC[C@H]1c1cc2n(n1)[C@@H](C(F)(F)F)C[C@@H](C)N2. The summed E-state index contributed by atoms with van der Waals surface area (Å²) in [6.07, 6.45) is -1.32. The molecule has 1 saturated heterocycles. The van der Waals surface area contributed by atoms with Gasteiger partial charge in [0, 0.05) is 30.5 Å². The third-order valence-corrected chi connectivity index (χ3v) is 5.87. The number of carbonyl (C=O) groups excluding carboxylic acids is 1. The minimum atomic E-state index is -4.37.